The third-order valence-electron chi connectivity index (χ3n) is 0.692. The van der Waals surface area contributed by atoms with Crippen molar-refractivity contribution in [2.45, 2.75) is 0 Å². The first kappa shape index (κ1) is 6.51. The molecule has 0 bridgehead atoms. The lowest BCUT2D eigenvalue weighted by atomic mass is 10.5. The number of nitrogens with zero attached hydrogens (tertiary/aromatic N) is 1. The zero-order valence-electron chi connectivity index (χ0n) is 4.17. The summed E-state index contributed by atoms with van der Waals surface area (Å²) < 4.78 is 3.56. The lowest BCUT2D eigenvalue weighted by Gasteiger charge is -1.77. The molecule has 5 heteroatoms. The average Bonchev–Trinajstić information content (AvgIpc) is 2.14. The van der Waals surface area contributed by atoms with E-state index in [2.05, 4.69) is 4.37 Å². The molecular formula is C4H2ClNO2S. The van der Waals surface area contributed by atoms with Gasteiger partial charge in [-0.3, -0.25) is 0 Å². The SMILES string of the molecule is O=C(O)c1cc(Cl)ns1. The van der Waals surface area contributed by atoms with E-state index >= 15 is 0 Å². The smallest absolute Gasteiger partial charge is 0.347 e. The number of carboxylic acids is 1. The Morgan fingerprint density at radius 1 is 1.89 bits per heavy atom. The van der Waals surface area contributed by atoms with E-state index in [9.17, 15) is 4.79 Å². The van der Waals surface area contributed by atoms with E-state index in [0.29, 0.717) is 0 Å². The third kappa shape index (κ3) is 1.40. The highest BCUT2D eigenvalue weighted by Crippen LogP contribution is 2.13. The fourth-order valence-corrected chi connectivity index (χ4v) is 1.11. The van der Waals surface area contributed by atoms with Crippen LogP contribution in [0.1, 0.15) is 9.67 Å². The van der Waals surface area contributed by atoms with E-state index in [0.717, 1.165) is 11.5 Å². The Bertz CT molecular complexity index is 234. The molecule has 0 radical (unpaired) electrons. The van der Waals surface area contributed by atoms with Crippen LogP contribution < -0.4 is 0 Å². The molecule has 0 aromatic carbocycles. The first-order chi connectivity index (χ1) is 4.20. The Labute approximate surface area is 60.1 Å². The maximum atomic E-state index is 10.1. The minimum Gasteiger partial charge on any atom is -0.477 e. The fourth-order valence-electron chi connectivity index (χ4n) is 0.354. The molecule has 0 amide bonds. The molecule has 0 aliphatic carbocycles. The minimum absolute atomic E-state index is 0.167. The lowest BCUT2D eigenvalue weighted by molar-refractivity contribution is 0.0702. The van der Waals surface area contributed by atoms with Gasteiger partial charge in [-0.25, -0.2) is 4.79 Å². The molecule has 3 nitrogen and oxygen atoms in total. The molecule has 1 aromatic heterocycles. The number of aromatic carboxylic acids is 1. The van der Waals surface area contributed by atoms with Crippen molar-refractivity contribution >= 4 is 29.1 Å². The third-order valence-corrected chi connectivity index (χ3v) is 1.76. The summed E-state index contributed by atoms with van der Waals surface area (Å²) in [6.07, 6.45) is 0. The van der Waals surface area contributed by atoms with E-state index in [4.69, 9.17) is 16.7 Å². The molecule has 1 rings (SSSR count). The van der Waals surface area contributed by atoms with Gasteiger partial charge in [0.1, 0.15) is 10.0 Å². The van der Waals surface area contributed by atoms with Gasteiger partial charge in [0.2, 0.25) is 0 Å². The quantitative estimate of drug-likeness (QED) is 0.683. The van der Waals surface area contributed by atoms with Crippen molar-refractivity contribution in [2.75, 3.05) is 0 Å². The maximum Gasteiger partial charge on any atom is 0.347 e. The highest BCUT2D eigenvalue weighted by atomic mass is 35.5. The van der Waals surface area contributed by atoms with Gasteiger partial charge >= 0.3 is 5.97 Å². The molecule has 9 heavy (non-hydrogen) atoms. The predicted octanol–water partition coefficient (Wildman–Crippen LogP) is 1.49. The highest BCUT2D eigenvalue weighted by Gasteiger charge is 2.05. The Kier molecular flexibility index (Phi) is 1.68. The van der Waals surface area contributed by atoms with Crippen LogP contribution in [0.15, 0.2) is 6.07 Å². The average molecular weight is 164 g/mol. The molecule has 0 saturated heterocycles. The molecule has 0 aliphatic rings. The fraction of sp³-hybridized carbons (Fsp3) is 0. The van der Waals surface area contributed by atoms with Crippen LogP contribution in [-0.4, -0.2) is 15.4 Å². The van der Waals surface area contributed by atoms with E-state index < -0.39 is 5.97 Å². The Morgan fingerprint density at radius 2 is 2.56 bits per heavy atom. The number of aromatic nitrogens is 1. The van der Waals surface area contributed by atoms with Crippen molar-refractivity contribution in [1.29, 1.82) is 0 Å². The van der Waals surface area contributed by atoms with Crippen molar-refractivity contribution in [2.24, 2.45) is 0 Å². The van der Waals surface area contributed by atoms with E-state index in [-0.39, 0.29) is 10.0 Å². The van der Waals surface area contributed by atoms with Gasteiger partial charge in [-0.15, -0.1) is 0 Å². The molecule has 0 unspecified atom stereocenters. The van der Waals surface area contributed by atoms with E-state index in [1.54, 1.807) is 0 Å². The van der Waals surface area contributed by atoms with Gasteiger partial charge in [0.25, 0.3) is 0 Å². The van der Waals surface area contributed by atoms with Crippen molar-refractivity contribution in [1.82, 2.24) is 4.37 Å². The summed E-state index contributed by atoms with van der Waals surface area (Å²) in [7, 11) is 0. The minimum atomic E-state index is -0.987. The standard InChI is InChI=1S/C4H2ClNO2S/c5-3-1-2(4(7)8)9-6-3/h1H,(H,7,8). The van der Waals surface area contributed by atoms with Crippen LogP contribution in [-0.2, 0) is 0 Å². The molecule has 48 valence electrons. The largest absolute Gasteiger partial charge is 0.477 e. The van der Waals surface area contributed by atoms with Crippen molar-refractivity contribution in [3.05, 3.63) is 16.1 Å². The molecule has 0 atom stereocenters. The van der Waals surface area contributed by atoms with Gasteiger partial charge < -0.3 is 5.11 Å². The summed E-state index contributed by atoms with van der Waals surface area (Å²) in [6, 6.07) is 1.31. The van der Waals surface area contributed by atoms with Crippen molar-refractivity contribution < 1.29 is 9.90 Å². The molecule has 0 saturated carbocycles. The summed E-state index contributed by atoms with van der Waals surface area (Å²) in [5.41, 5.74) is 0. The molecule has 0 spiro atoms. The van der Waals surface area contributed by atoms with Crippen LogP contribution in [0.4, 0.5) is 0 Å². The number of hydrogen-bond donors (Lipinski definition) is 1. The summed E-state index contributed by atoms with van der Waals surface area (Å²) in [6.45, 7) is 0. The molecule has 1 heterocycles. The number of hydrogen-bond acceptors (Lipinski definition) is 3. The molecule has 1 aromatic rings. The number of carbonyl (C=O) groups is 1. The molecule has 0 fully saturated rings. The van der Waals surface area contributed by atoms with Gasteiger partial charge in [0.15, 0.2) is 0 Å². The topological polar surface area (TPSA) is 50.2 Å². The van der Waals surface area contributed by atoms with Crippen LogP contribution in [0.2, 0.25) is 5.15 Å². The second kappa shape index (κ2) is 2.33. The molecule has 0 aliphatic heterocycles. The first-order valence-electron chi connectivity index (χ1n) is 2.05. The van der Waals surface area contributed by atoms with Crippen molar-refractivity contribution in [3.8, 4) is 0 Å². The maximum absolute atomic E-state index is 10.1. The molecule has 1 N–H and O–H groups in total. The normalized spacial score (nSPS) is 9.44. The number of carboxylic acid groups (broad SMARTS) is 1. The van der Waals surface area contributed by atoms with Gasteiger partial charge in [0, 0.05) is 6.07 Å². The van der Waals surface area contributed by atoms with Crippen LogP contribution in [0.5, 0.6) is 0 Å². The second-order valence-electron chi connectivity index (χ2n) is 1.32. The first-order valence-corrected chi connectivity index (χ1v) is 3.21. The van der Waals surface area contributed by atoms with Crippen LogP contribution >= 0.6 is 23.1 Å². The summed E-state index contributed by atoms with van der Waals surface area (Å²) >= 11 is 6.22. The number of halogens is 1. The van der Waals surface area contributed by atoms with Gasteiger partial charge in [-0.2, -0.15) is 4.37 Å². The number of rotatable bonds is 1. The zero-order valence-corrected chi connectivity index (χ0v) is 5.74. The zero-order chi connectivity index (χ0) is 6.85. The van der Waals surface area contributed by atoms with Crippen LogP contribution in [0, 0.1) is 0 Å². The highest BCUT2D eigenvalue weighted by molar-refractivity contribution is 7.08. The van der Waals surface area contributed by atoms with Crippen LogP contribution in [0.3, 0.4) is 0 Å². The monoisotopic (exact) mass is 163 g/mol. The van der Waals surface area contributed by atoms with Gasteiger partial charge in [-0.05, 0) is 11.5 Å². The molecular weight excluding hydrogens is 162 g/mol. The second-order valence-corrected chi connectivity index (χ2v) is 2.51. The van der Waals surface area contributed by atoms with Gasteiger partial charge in [0.05, 0.1) is 0 Å². The Morgan fingerprint density at radius 3 is 2.78 bits per heavy atom. The lowest BCUT2D eigenvalue weighted by Crippen LogP contribution is -1.89. The Balaban J connectivity index is 2.98. The van der Waals surface area contributed by atoms with Crippen LogP contribution in [0.25, 0.3) is 0 Å². The summed E-state index contributed by atoms with van der Waals surface area (Å²) in [5, 5.41) is 8.54. The van der Waals surface area contributed by atoms with E-state index in [1.807, 2.05) is 0 Å². The Hall–Kier alpha value is -0.610. The predicted molar refractivity (Wildman–Crippen MR) is 34.1 cm³/mol. The van der Waals surface area contributed by atoms with Gasteiger partial charge in [-0.1, -0.05) is 11.6 Å². The van der Waals surface area contributed by atoms with Crippen molar-refractivity contribution in [3.63, 3.8) is 0 Å². The summed E-state index contributed by atoms with van der Waals surface area (Å²) in [4.78, 5) is 10.3. The summed E-state index contributed by atoms with van der Waals surface area (Å²) in [5.74, 6) is -0.987. The van der Waals surface area contributed by atoms with E-state index in [1.165, 1.54) is 6.07 Å².